The molecule has 194 valence electrons. The molecule has 0 aliphatic carbocycles. The number of benzene rings is 2. The van der Waals surface area contributed by atoms with Gasteiger partial charge in [-0.2, -0.15) is 0 Å². The minimum atomic E-state index is -3.42. The van der Waals surface area contributed by atoms with Gasteiger partial charge in [-0.3, -0.25) is 14.3 Å². The molecule has 0 radical (unpaired) electrons. The van der Waals surface area contributed by atoms with Gasteiger partial charge in [0, 0.05) is 43.9 Å². The lowest BCUT2D eigenvalue weighted by Gasteiger charge is -2.32. The number of piperidine rings is 1. The Hall–Kier alpha value is -2.91. The third-order valence-electron chi connectivity index (χ3n) is 7.20. The van der Waals surface area contributed by atoms with Crippen molar-refractivity contribution in [1.82, 2.24) is 14.7 Å². The molecule has 0 spiro atoms. The normalized spacial score (nSPS) is 18.1. The molecule has 2 saturated heterocycles. The molecule has 4 rings (SSSR count). The number of aryl methyl sites for hydroxylation is 1. The van der Waals surface area contributed by atoms with Crippen LogP contribution < -0.4 is 4.72 Å². The van der Waals surface area contributed by atoms with Gasteiger partial charge in [0.1, 0.15) is 0 Å². The van der Waals surface area contributed by atoms with Crippen LogP contribution in [0.15, 0.2) is 42.5 Å². The number of rotatable bonds is 5. The van der Waals surface area contributed by atoms with Crippen LogP contribution in [0.25, 0.3) is 0 Å². The highest BCUT2D eigenvalue weighted by Crippen LogP contribution is 2.29. The summed E-state index contributed by atoms with van der Waals surface area (Å²) in [5, 5.41) is 0. The highest BCUT2D eigenvalue weighted by atomic mass is 32.2. The second kappa shape index (κ2) is 11.0. The summed E-state index contributed by atoms with van der Waals surface area (Å²) >= 11 is 0. The molecule has 2 aromatic rings. The standard InChI is InChI=1S/C27H36N4O4S/c1-20-5-6-24(19-25(20)28-36(3,34)35)27(33)31-15-11-22(12-16-31)21-7-9-23(10-8-21)26(32)30-14-4-13-29(2)17-18-30/h5-10,19,22,28H,4,11-18H2,1-3H3. The zero-order valence-electron chi connectivity index (χ0n) is 21.4. The van der Waals surface area contributed by atoms with Gasteiger partial charge in [-0.1, -0.05) is 18.2 Å². The maximum atomic E-state index is 13.1. The van der Waals surface area contributed by atoms with Crippen molar-refractivity contribution in [3.05, 3.63) is 64.7 Å². The van der Waals surface area contributed by atoms with Gasteiger partial charge < -0.3 is 14.7 Å². The summed E-state index contributed by atoms with van der Waals surface area (Å²) < 4.78 is 25.8. The predicted molar refractivity (Wildman–Crippen MR) is 142 cm³/mol. The number of sulfonamides is 1. The smallest absolute Gasteiger partial charge is 0.253 e. The zero-order valence-corrected chi connectivity index (χ0v) is 22.2. The maximum absolute atomic E-state index is 13.1. The molecule has 0 unspecified atom stereocenters. The first-order valence-electron chi connectivity index (χ1n) is 12.6. The molecule has 0 aromatic heterocycles. The molecule has 2 aliphatic rings. The van der Waals surface area contributed by atoms with Crippen molar-refractivity contribution in [3.8, 4) is 0 Å². The molecular formula is C27H36N4O4S. The fourth-order valence-electron chi connectivity index (χ4n) is 4.99. The van der Waals surface area contributed by atoms with Gasteiger partial charge in [0.15, 0.2) is 0 Å². The molecule has 8 nitrogen and oxygen atoms in total. The number of carbonyl (C=O) groups is 2. The third-order valence-corrected chi connectivity index (χ3v) is 7.79. The van der Waals surface area contributed by atoms with E-state index in [1.807, 2.05) is 21.9 Å². The Labute approximate surface area is 214 Å². The van der Waals surface area contributed by atoms with E-state index in [0.29, 0.717) is 30.3 Å². The molecule has 2 aliphatic heterocycles. The number of amides is 2. The minimum absolute atomic E-state index is 0.0889. The van der Waals surface area contributed by atoms with Gasteiger partial charge >= 0.3 is 0 Å². The molecule has 0 saturated carbocycles. The summed E-state index contributed by atoms with van der Waals surface area (Å²) in [6, 6.07) is 13.1. The highest BCUT2D eigenvalue weighted by molar-refractivity contribution is 7.92. The number of hydrogen-bond donors (Lipinski definition) is 1. The average Bonchev–Trinajstić information content (AvgIpc) is 3.08. The Morgan fingerprint density at radius 2 is 1.44 bits per heavy atom. The van der Waals surface area contributed by atoms with Crippen LogP contribution in [-0.4, -0.2) is 87.5 Å². The lowest BCUT2D eigenvalue weighted by molar-refractivity contribution is 0.0711. The summed E-state index contributed by atoms with van der Waals surface area (Å²) in [5.41, 5.74) is 3.60. The summed E-state index contributed by atoms with van der Waals surface area (Å²) in [7, 11) is -1.33. The molecular weight excluding hydrogens is 476 g/mol. The van der Waals surface area contributed by atoms with Crippen molar-refractivity contribution in [2.45, 2.75) is 32.1 Å². The lowest BCUT2D eigenvalue weighted by Crippen LogP contribution is -2.38. The number of likely N-dealkylation sites (N-methyl/N-ethyl adjacent to an activating group) is 1. The van der Waals surface area contributed by atoms with Crippen LogP contribution in [0.1, 0.15) is 57.0 Å². The molecule has 2 aromatic carbocycles. The van der Waals surface area contributed by atoms with E-state index in [2.05, 4.69) is 28.8 Å². The van der Waals surface area contributed by atoms with Gasteiger partial charge in [-0.05, 0) is 81.1 Å². The summed E-state index contributed by atoms with van der Waals surface area (Å²) in [4.78, 5) is 32.1. The van der Waals surface area contributed by atoms with Crippen LogP contribution in [0.5, 0.6) is 0 Å². The largest absolute Gasteiger partial charge is 0.339 e. The van der Waals surface area contributed by atoms with Crippen molar-refractivity contribution in [2.75, 3.05) is 57.3 Å². The number of nitrogens with one attached hydrogen (secondary N) is 1. The first-order valence-corrected chi connectivity index (χ1v) is 14.5. The van der Waals surface area contributed by atoms with Gasteiger partial charge in [-0.25, -0.2) is 8.42 Å². The highest BCUT2D eigenvalue weighted by Gasteiger charge is 2.26. The van der Waals surface area contributed by atoms with Crippen LogP contribution in [-0.2, 0) is 10.0 Å². The molecule has 1 N–H and O–H groups in total. The maximum Gasteiger partial charge on any atom is 0.253 e. The van der Waals surface area contributed by atoms with Crippen LogP contribution in [0.2, 0.25) is 0 Å². The number of hydrogen-bond acceptors (Lipinski definition) is 5. The molecule has 36 heavy (non-hydrogen) atoms. The van der Waals surface area contributed by atoms with E-state index < -0.39 is 10.0 Å². The van der Waals surface area contributed by atoms with Gasteiger partial charge in [0.05, 0.1) is 11.9 Å². The fraction of sp³-hybridized carbons (Fsp3) is 0.481. The number of anilines is 1. The molecule has 0 atom stereocenters. The Morgan fingerprint density at radius 1 is 0.833 bits per heavy atom. The molecule has 2 amide bonds. The van der Waals surface area contributed by atoms with Crippen molar-refractivity contribution in [1.29, 1.82) is 0 Å². The van der Waals surface area contributed by atoms with Crippen molar-refractivity contribution in [3.63, 3.8) is 0 Å². The Balaban J connectivity index is 1.35. The first kappa shape index (κ1) is 26.2. The second-order valence-electron chi connectivity index (χ2n) is 10.0. The summed E-state index contributed by atoms with van der Waals surface area (Å²) in [6.07, 6.45) is 3.78. The van der Waals surface area contributed by atoms with Crippen molar-refractivity contribution >= 4 is 27.5 Å². The summed E-state index contributed by atoms with van der Waals surface area (Å²) in [6.45, 7) is 6.55. The van der Waals surface area contributed by atoms with Crippen LogP contribution >= 0.6 is 0 Å². The monoisotopic (exact) mass is 512 g/mol. The van der Waals surface area contributed by atoms with Gasteiger partial charge in [0.25, 0.3) is 11.8 Å². The van der Waals surface area contributed by atoms with Gasteiger partial charge in [-0.15, -0.1) is 0 Å². The van der Waals surface area contributed by atoms with Crippen LogP contribution in [0.4, 0.5) is 5.69 Å². The van der Waals surface area contributed by atoms with Crippen molar-refractivity contribution < 1.29 is 18.0 Å². The second-order valence-corrected chi connectivity index (χ2v) is 11.8. The quantitative estimate of drug-likeness (QED) is 0.665. The fourth-order valence-corrected chi connectivity index (χ4v) is 5.61. The molecule has 0 bridgehead atoms. The first-order chi connectivity index (χ1) is 17.1. The van der Waals surface area contributed by atoms with E-state index in [4.69, 9.17) is 0 Å². The van der Waals surface area contributed by atoms with E-state index in [0.717, 1.165) is 62.8 Å². The topological polar surface area (TPSA) is 90.0 Å². The predicted octanol–water partition coefficient (Wildman–Crippen LogP) is 3.16. The molecule has 9 heteroatoms. The number of carbonyl (C=O) groups excluding carboxylic acids is 2. The van der Waals surface area contributed by atoms with E-state index in [1.54, 1.807) is 25.1 Å². The lowest BCUT2D eigenvalue weighted by atomic mass is 9.88. The van der Waals surface area contributed by atoms with Crippen LogP contribution in [0, 0.1) is 6.92 Å². The number of nitrogens with zero attached hydrogens (tertiary/aromatic N) is 3. The van der Waals surface area contributed by atoms with E-state index in [-0.39, 0.29) is 11.8 Å². The Kier molecular flexibility index (Phi) is 8.00. The summed E-state index contributed by atoms with van der Waals surface area (Å²) in [5.74, 6) is 0.347. The molecule has 2 fully saturated rings. The SMILES string of the molecule is Cc1ccc(C(=O)N2CCC(c3ccc(C(=O)N4CCCN(C)CC4)cc3)CC2)cc1NS(C)(=O)=O. The Morgan fingerprint density at radius 3 is 2.11 bits per heavy atom. The average molecular weight is 513 g/mol. The zero-order chi connectivity index (χ0) is 25.9. The van der Waals surface area contributed by atoms with E-state index in [9.17, 15) is 18.0 Å². The van der Waals surface area contributed by atoms with Gasteiger partial charge in [0.2, 0.25) is 10.0 Å². The van der Waals surface area contributed by atoms with E-state index >= 15 is 0 Å². The van der Waals surface area contributed by atoms with Crippen LogP contribution in [0.3, 0.4) is 0 Å². The third kappa shape index (κ3) is 6.44. The number of likely N-dealkylation sites (tertiary alicyclic amines) is 1. The van der Waals surface area contributed by atoms with Crippen molar-refractivity contribution in [2.24, 2.45) is 0 Å². The van der Waals surface area contributed by atoms with E-state index in [1.165, 1.54) is 5.56 Å². The molecule has 2 heterocycles. The minimum Gasteiger partial charge on any atom is -0.339 e. The Bertz CT molecular complexity index is 1200.